The van der Waals surface area contributed by atoms with E-state index in [2.05, 4.69) is 5.16 Å². The number of ketones is 2. The standard InChI is InChI=1S/C25H22N2O8/c26-24(33)20-16(29)7-11-5-10-6-13-12(17-8-14(27-35-17)9-1-2-9)3-4-15(28)19(13)21(30)18(10)22(31)25(11,34)23(20)32/h3-4,8-11,28,30,32,34H,1-2,5-7H2,(H2,26,33)/t10?,11-,25-/m0/s1. The number of phenols is 1. The molecule has 6 rings (SSSR count). The molecule has 2 aromatic rings. The predicted molar refractivity (Wildman–Crippen MR) is 119 cm³/mol. The van der Waals surface area contributed by atoms with Gasteiger partial charge < -0.3 is 30.7 Å². The molecule has 10 heteroatoms. The zero-order valence-corrected chi connectivity index (χ0v) is 18.4. The molecule has 0 spiro atoms. The van der Waals surface area contributed by atoms with Crippen molar-refractivity contribution in [2.24, 2.45) is 17.6 Å². The average Bonchev–Trinajstić information content (AvgIpc) is 3.53. The van der Waals surface area contributed by atoms with Crippen LogP contribution < -0.4 is 5.73 Å². The van der Waals surface area contributed by atoms with Gasteiger partial charge >= 0.3 is 0 Å². The highest BCUT2D eigenvalue weighted by Gasteiger charge is 2.60. The van der Waals surface area contributed by atoms with E-state index in [1.807, 2.05) is 6.07 Å². The van der Waals surface area contributed by atoms with Gasteiger partial charge in [0.25, 0.3) is 5.91 Å². The number of primary amides is 1. The molecule has 3 atom stereocenters. The van der Waals surface area contributed by atoms with E-state index in [4.69, 9.17) is 10.3 Å². The SMILES string of the molecule is NC(=O)C1=C(O)[C@@]2(O)C(=O)C3=C(O)c4c(O)ccc(-c5cc(C6CC6)no5)c4CC3C[C@H]2CC1=O. The molecular formula is C25H22N2O8. The zero-order chi connectivity index (χ0) is 24.8. The van der Waals surface area contributed by atoms with Gasteiger partial charge in [-0.05, 0) is 49.3 Å². The Kier molecular flexibility index (Phi) is 4.35. The Morgan fingerprint density at radius 1 is 1.11 bits per heavy atom. The van der Waals surface area contributed by atoms with Gasteiger partial charge in [0, 0.05) is 35.5 Å². The molecule has 0 aliphatic heterocycles. The minimum atomic E-state index is -2.58. The number of carbonyl (C=O) groups excluding carboxylic acids is 3. The fraction of sp³-hybridized carbons (Fsp3) is 0.360. The molecule has 2 saturated carbocycles. The lowest BCUT2D eigenvalue weighted by molar-refractivity contribution is -0.147. The molecular weight excluding hydrogens is 456 g/mol. The van der Waals surface area contributed by atoms with Crippen molar-refractivity contribution in [2.75, 3.05) is 0 Å². The van der Waals surface area contributed by atoms with Crippen molar-refractivity contribution >= 4 is 23.2 Å². The fourth-order valence-electron chi connectivity index (χ4n) is 5.84. The molecule has 0 bridgehead atoms. The Balaban J connectivity index is 1.50. The van der Waals surface area contributed by atoms with Crippen molar-refractivity contribution in [3.8, 4) is 17.1 Å². The van der Waals surface area contributed by atoms with E-state index < -0.39 is 52.0 Å². The van der Waals surface area contributed by atoms with E-state index in [0.29, 0.717) is 22.8 Å². The van der Waals surface area contributed by atoms with Gasteiger partial charge in [0.2, 0.25) is 5.78 Å². The van der Waals surface area contributed by atoms with Crippen LogP contribution in [0.25, 0.3) is 17.1 Å². The largest absolute Gasteiger partial charge is 0.508 e. The summed E-state index contributed by atoms with van der Waals surface area (Å²) in [7, 11) is 0. The first-order valence-electron chi connectivity index (χ1n) is 11.4. The lowest BCUT2D eigenvalue weighted by Gasteiger charge is -2.46. The molecule has 4 aliphatic carbocycles. The number of amides is 1. The summed E-state index contributed by atoms with van der Waals surface area (Å²) in [6.07, 6.45) is 2.00. The van der Waals surface area contributed by atoms with E-state index in [9.17, 15) is 34.8 Å². The van der Waals surface area contributed by atoms with Crippen LogP contribution in [0, 0.1) is 11.8 Å². The van der Waals surface area contributed by atoms with E-state index in [-0.39, 0.29) is 36.1 Å². The van der Waals surface area contributed by atoms with Gasteiger partial charge in [-0.1, -0.05) is 5.16 Å². The van der Waals surface area contributed by atoms with Crippen molar-refractivity contribution in [1.82, 2.24) is 5.16 Å². The number of rotatable bonds is 3. The minimum absolute atomic E-state index is 0.0269. The van der Waals surface area contributed by atoms with Crippen LogP contribution in [-0.2, 0) is 20.8 Å². The first-order valence-corrected chi connectivity index (χ1v) is 11.4. The van der Waals surface area contributed by atoms with Crippen molar-refractivity contribution in [3.05, 3.63) is 51.9 Å². The molecule has 1 amide bonds. The van der Waals surface area contributed by atoms with Gasteiger partial charge in [0.05, 0.1) is 11.3 Å². The van der Waals surface area contributed by atoms with Crippen LogP contribution in [0.15, 0.2) is 39.6 Å². The van der Waals surface area contributed by atoms with Crippen LogP contribution in [0.2, 0.25) is 0 Å². The number of Topliss-reactive ketones (excluding diaryl/α,β-unsaturated/α-hetero) is 2. The molecule has 1 unspecified atom stereocenters. The smallest absolute Gasteiger partial charge is 0.255 e. The Labute approximate surface area is 198 Å². The van der Waals surface area contributed by atoms with E-state index in [0.717, 1.165) is 18.5 Å². The second-order valence-electron chi connectivity index (χ2n) is 9.78. The number of aliphatic hydroxyl groups excluding tert-OH is 2. The molecule has 1 aromatic carbocycles. The summed E-state index contributed by atoms with van der Waals surface area (Å²) >= 11 is 0. The number of aromatic nitrogens is 1. The second-order valence-corrected chi connectivity index (χ2v) is 9.78. The Morgan fingerprint density at radius 3 is 2.54 bits per heavy atom. The highest BCUT2D eigenvalue weighted by atomic mass is 16.5. The Morgan fingerprint density at radius 2 is 1.86 bits per heavy atom. The quantitative estimate of drug-likeness (QED) is 0.411. The van der Waals surface area contributed by atoms with Crippen molar-refractivity contribution in [2.45, 2.75) is 43.6 Å². The summed E-state index contributed by atoms with van der Waals surface area (Å²) in [5.41, 5.74) is 3.66. The lowest BCUT2D eigenvalue weighted by atomic mass is 9.59. The molecule has 35 heavy (non-hydrogen) atoms. The number of phenolic OH excluding ortho intramolecular Hbond substituents is 1. The van der Waals surface area contributed by atoms with E-state index in [1.165, 1.54) is 6.07 Å². The Bertz CT molecular complexity index is 1410. The maximum atomic E-state index is 13.5. The van der Waals surface area contributed by atoms with Gasteiger partial charge in [-0.15, -0.1) is 0 Å². The third kappa shape index (κ3) is 2.86. The van der Waals surface area contributed by atoms with Gasteiger partial charge in [-0.2, -0.15) is 0 Å². The molecule has 10 nitrogen and oxygen atoms in total. The fourth-order valence-corrected chi connectivity index (χ4v) is 5.84. The summed E-state index contributed by atoms with van der Waals surface area (Å²) in [5, 5.41) is 47.8. The number of hydrogen-bond donors (Lipinski definition) is 5. The summed E-state index contributed by atoms with van der Waals surface area (Å²) < 4.78 is 5.55. The first kappa shape index (κ1) is 21.6. The topological polar surface area (TPSA) is 184 Å². The van der Waals surface area contributed by atoms with Crippen LogP contribution in [0.4, 0.5) is 0 Å². The summed E-state index contributed by atoms with van der Waals surface area (Å²) in [6, 6.07) is 4.86. The van der Waals surface area contributed by atoms with Crippen molar-refractivity contribution in [3.63, 3.8) is 0 Å². The first-order chi connectivity index (χ1) is 16.6. The average molecular weight is 478 g/mol. The molecule has 4 aliphatic rings. The number of benzene rings is 1. The lowest BCUT2D eigenvalue weighted by Crippen LogP contribution is -2.58. The van der Waals surface area contributed by atoms with Crippen LogP contribution in [0.3, 0.4) is 0 Å². The highest BCUT2D eigenvalue weighted by molar-refractivity contribution is 6.22. The van der Waals surface area contributed by atoms with Gasteiger partial charge in [0.1, 0.15) is 22.8 Å². The Hall–Kier alpha value is -3.92. The molecule has 1 heterocycles. The maximum Gasteiger partial charge on any atom is 0.255 e. The number of fused-ring (bicyclic) bond motifs is 3. The van der Waals surface area contributed by atoms with Gasteiger partial charge in [-0.25, -0.2) is 0 Å². The zero-order valence-electron chi connectivity index (χ0n) is 18.4. The van der Waals surface area contributed by atoms with E-state index in [1.54, 1.807) is 6.07 Å². The third-order valence-corrected chi connectivity index (χ3v) is 7.74. The molecule has 180 valence electrons. The molecule has 0 saturated heterocycles. The number of aliphatic hydroxyl groups is 3. The van der Waals surface area contributed by atoms with Gasteiger partial charge in [-0.3, -0.25) is 14.4 Å². The maximum absolute atomic E-state index is 13.5. The molecule has 0 radical (unpaired) electrons. The van der Waals surface area contributed by atoms with Crippen LogP contribution in [0.1, 0.15) is 48.4 Å². The minimum Gasteiger partial charge on any atom is -0.508 e. The number of hydrogen-bond acceptors (Lipinski definition) is 9. The number of nitrogens with zero attached hydrogens (tertiary/aromatic N) is 1. The molecule has 2 fully saturated rings. The summed E-state index contributed by atoms with van der Waals surface area (Å²) in [5.74, 6) is -5.70. The van der Waals surface area contributed by atoms with Crippen molar-refractivity contribution < 1.29 is 39.3 Å². The summed E-state index contributed by atoms with van der Waals surface area (Å²) in [6.45, 7) is 0. The molecule has 6 N–H and O–H groups in total. The van der Waals surface area contributed by atoms with Gasteiger partial charge in [0.15, 0.2) is 17.1 Å². The molecule has 1 aromatic heterocycles. The number of aromatic hydroxyl groups is 1. The monoisotopic (exact) mass is 478 g/mol. The number of carbonyl (C=O) groups is 3. The summed E-state index contributed by atoms with van der Waals surface area (Å²) in [4.78, 5) is 37.7. The van der Waals surface area contributed by atoms with Crippen molar-refractivity contribution in [1.29, 1.82) is 0 Å². The third-order valence-electron chi connectivity index (χ3n) is 7.74. The van der Waals surface area contributed by atoms with Crippen LogP contribution in [-0.4, -0.2) is 48.7 Å². The second kappa shape index (κ2) is 7.05. The van der Waals surface area contributed by atoms with E-state index >= 15 is 0 Å². The predicted octanol–water partition coefficient (Wildman–Crippen LogP) is 1.96. The van der Waals surface area contributed by atoms with Crippen LogP contribution >= 0.6 is 0 Å². The normalized spacial score (nSPS) is 28.0. The highest BCUT2D eigenvalue weighted by Crippen LogP contribution is 2.53. The number of nitrogens with two attached hydrogens (primary N) is 1. The van der Waals surface area contributed by atoms with Crippen LogP contribution in [0.5, 0.6) is 5.75 Å².